The van der Waals surface area contributed by atoms with E-state index in [4.69, 9.17) is 0 Å². The van der Waals surface area contributed by atoms with Crippen molar-refractivity contribution in [2.45, 2.75) is 18.7 Å². The second-order valence-corrected chi connectivity index (χ2v) is 6.64. The standard InChI is InChI=1S/C12H12BrNO2S/c1-9-7-10(2)14(8-9)17(15,16)12-5-3-11(13)4-6-12/h3-8H,1-2H3. The first-order valence-corrected chi connectivity index (χ1v) is 7.31. The molecule has 0 radical (unpaired) electrons. The third kappa shape index (κ3) is 2.30. The minimum absolute atomic E-state index is 0.291. The number of hydrogen-bond donors (Lipinski definition) is 0. The topological polar surface area (TPSA) is 39.1 Å². The molecule has 1 heterocycles. The molecule has 0 spiro atoms. The first kappa shape index (κ1) is 12.4. The zero-order valence-corrected chi connectivity index (χ0v) is 11.9. The highest BCUT2D eigenvalue weighted by Crippen LogP contribution is 2.20. The van der Waals surface area contributed by atoms with Crippen LogP contribution in [0.5, 0.6) is 0 Å². The maximum Gasteiger partial charge on any atom is 0.267 e. The smallest absolute Gasteiger partial charge is 0.246 e. The maximum absolute atomic E-state index is 12.3. The van der Waals surface area contributed by atoms with Crippen LogP contribution in [0, 0.1) is 13.8 Å². The van der Waals surface area contributed by atoms with Crippen molar-refractivity contribution in [3.8, 4) is 0 Å². The summed E-state index contributed by atoms with van der Waals surface area (Å²) in [5.74, 6) is 0. The van der Waals surface area contributed by atoms with Gasteiger partial charge in [0.25, 0.3) is 10.0 Å². The Bertz CT molecular complexity index is 642. The van der Waals surface area contributed by atoms with E-state index in [0.717, 1.165) is 10.0 Å². The highest BCUT2D eigenvalue weighted by Gasteiger charge is 2.18. The monoisotopic (exact) mass is 313 g/mol. The number of halogens is 1. The van der Waals surface area contributed by atoms with E-state index in [-0.39, 0.29) is 0 Å². The molecule has 2 rings (SSSR count). The van der Waals surface area contributed by atoms with Crippen molar-refractivity contribution in [1.82, 2.24) is 3.97 Å². The molecular formula is C12H12BrNO2S. The van der Waals surface area contributed by atoms with Gasteiger partial charge in [-0.05, 0) is 49.7 Å². The van der Waals surface area contributed by atoms with Crippen LogP contribution in [0.3, 0.4) is 0 Å². The zero-order chi connectivity index (χ0) is 12.6. The normalized spacial score (nSPS) is 11.7. The van der Waals surface area contributed by atoms with Crippen molar-refractivity contribution in [2.75, 3.05) is 0 Å². The molecule has 0 atom stereocenters. The molecule has 0 fully saturated rings. The summed E-state index contributed by atoms with van der Waals surface area (Å²) in [6, 6.07) is 8.47. The molecule has 0 amide bonds. The van der Waals surface area contributed by atoms with Gasteiger partial charge in [-0.1, -0.05) is 15.9 Å². The van der Waals surface area contributed by atoms with Crippen LogP contribution in [0.4, 0.5) is 0 Å². The summed E-state index contributed by atoms with van der Waals surface area (Å²) >= 11 is 3.29. The Morgan fingerprint density at radius 2 is 1.71 bits per heavy atom. The summed E-state index contributed by atoms with van der Waals surface area (Å²) in [5, 5.41) is 0. The summed E-state index contributed by atoms with van der Waals surface area (Å²) in [4.78, 5) is 0.291. The van der Waals surface area contributed by atoms with Crippen LogP contribution in [0.2, 0.25) is 0 Å². The Morgan fingerprint density at radius 1 is 1.12 bits per heavy atom. The summed E-state index contributed by atoms with van der Waals surface area (Å²) in [5.41, 5.74) is 1.65. The summed E-state index contributed by atoms with van der Waals surface area (Å²) in [6.07, 6.45) is 1.63. The molecule has 0 aliphatic rings. The van der Waals surface area contributed by atoms with Crippen LogP contribution < -0.4 is 0 Å². The molecule has 3 nitrogen and oxygen atoms in total. The molecule has 0 saturated heterocycles. The van der Waals surface area contributed by atoms with Crippen LogP contribution in [0.1, 0.15) is 11.3 Å². The molecule has 0 N–H and O–H groups in total. The van der Waals surface area contributed by atoms with Crippen molar-refractivity contribution in [1.29, 1.82) is 0 Å². The van der Waals surface area contributed by atoms with Gasteiger partial charge in [-0.25, -0.2) is 12.4 Å². The first-order chi connectivity index (χ1) is 7.91. The van der Waals surface area contributed by atoms with Crippen molar-refractivity contribution in [3.63, 3.8) is 0 Å². The number of hydrogen-bond acceptors (Lipinski definition) is 2. The van der Waals surface area contributed by atoms with E-state index in [2.05, 4.69) is 15.9 Å². The van der Waals surface area contributed by atoms with Gasteiger partial charge in [0.05, 0.1) is 4.90 Å². The van der Waals surface area contributed by atoms with E-state index in [1.807, 2.05) is 13.0 Å². The minimum Gasteiger partial charge on any atom is -0.246 e. The lowest BCUT2D eigenvalue weighted by Gasteiger charge is -2.07. The van der Waals surface area contributed by atoms with E-state index in [1.54, 1.807) is 37.4 Å². The zero-order valence-electron chi connectivity index (χ0n) is 9.51. The fourth-order valence-corrected chi connectivity index (χ4v) is 3.40. The van der Waals surface area contributed by atoms with Gasteiger partial charge in [0.15, 0.2) is 0 Å². The second kappa shape index (κ2) is 4.31. The number of rotatable bonds is 2. The van der Waals surface area contributed by atoms with Gasteiger partial charge in [0.1, 0.15) is 0 Å². The largest absolute Gasteiger partial charge is 0.267 e. The average Bonchev–Trinajstić information content (AvgIpc) is 2.59. The van der Waals surface area contributed by atoms with Crippen molar-refractivity contribution in [3.05, 3.63) is 52.3 Å². The van der Waals surface area contributed by atoms with Gasteiger partial charge in [-0.3, -0.25) is 0 Å². The fourth-order valence-electron chi connectivity index (χ4n) is 1.70. The highest BCUT2D eigenvalue weighted by atomic mass is 79.9. The highest BCUT2D eigenvalue weighted by molar-refractivity contribution is 9.10. The lowest BCUT2D eigenvalue weighted by atomic mass is 10.4. The molecule has 1 aromatic heterocycles. The fraction of sp³-hybridized carbons (Fsp3) is 0.167. The van der Waals surface area contributed by atoms with Crippen LogP contribution in [0.15, 0.2) is 45.9 Å². The van der Waals surface area contributed by atoms with Crippen LogP contribution >= 0.6 is 15.9 Å². The van der Waals surface area contributed by atoms with E-state index in [0.29, 0.717) is 10.6 Å². The second-order valence-electron chi connectivity index (χ2n) is 3.91. The Balaban J connectivity index is 2.57. The quantitative estimate of drug-likeness (QED) is 0.854. The summed E-state index contributed by atoms with van der Waals surface area (Å²) in [7, 11) is -3.47. The van der Waals surface area contributed by atoms with Gasteiger partial charge in [-0.15, -0.1) is 0 Å². The molecule has 0 unspecified atom stereocenters. The SMILES string of the molecule is Cc1cc(C)n(S(=O)(=O)c2ccc(Br)cc2)c1. The van der Waals surface area contributed by atoms with E-state index >= 15 is 0 Å². The Morgan fingerprint density at radius 3 is 2.18 bits per heavy atom. The molecular weight excluding hydrogens is 302 g/mol. The lowest BCUT2D eigenvalue weighted by molar-refractivity contribution is 0.586. The number of aromatic nitrogens is 1. The predicted molar refractivity (Wildman–Crippen MR) is 70.6 cm³/mol. The number of nitrogens with zero attached hydrogens (tertiary/aromatic N) is 1. The van der Waals surface area contributed by atoms with Crippen LogP contribution in [-0.2, 0) is 10.0 Å². The molecule has 1 aromatic carbocycles. The van der Waals surface area contributed by atoms with Gasteiger partial charge < -0.3 is 0 Å². The van der Waals surface area contributed by atoms with Crippen molar-refractivity contribution in [2.24, 2.45) is 0 Å². The third-order valence-corrected chi connectivity index (χ3v) is 4.78. The van der Waals surface area contributed by atoms with Gasteiger partial charge in [0, 0.05) is 16.4 Å². The summed E-state index contributed by atoms with van der Waals surface area (Å²) < 4.78 is 26.8. The van der Waals surface area contributed by atoms with E-state index in [9.17, 15) is 8.42 Å². The van der Waals surface area contributed by atoms with E-state index in [1.165, 1.54) is 3.97 Å². The minimum atomic E-state index is -3.47. The maximum atomic E-state index is 12.3. The van der Waals surface area contributed by atoms with E-state index < -0.39 is 10.0 Å². The molecule has 5 heteroatoms. The third-order valence-electron chi connectivity index (χ3n) is 2.48. The van der Waals surface area contributed by atoms with Crippen molar-refractivity contribution >= 4 is 26.0 Å². The molecule has 17 heavy (non-hydrogen) atoms. The van der Waals surface area contributed by atoms with Crippen molar-refractivity contribution < 1.29 is 8.42 Å². The average molecular weight is 314 g/mol. The van der Waals surface area contributed by atoms with Crippen LogP contribution in [-0.4, -0.2) is 12.4 Å². The molecule has 0 saturated carbocycles. The predicted octanol–water partition coefficient (Wildman–Crippen LogP) is 3.10. The Labute approximate surface area is 109 Å². The van der Waals surface area contributed by atoms with Gasteiger partial charge in [0.2, 0.25) is 0 Å². The molecule has 0 bridgehead atoms. The number of aryl methyl sites for hydroxylation is 2. The number of benzene rings is 1. The van der Waals surface area contributed by atoms with Crippen LogP contribution in [0.25, 0.3) is 0 Å². The first-order valence-electron chi connectivity index (χ1n) is 5.08. The Kier molecular flexibility index (Phi) is 3.14. The molecule has 90 valence electrons. The molecule has 0 aliphatic heterocycles. The molecule has 2 aromatic rings. The van der Waals surface area contributed by atoms with Gasteiger partial charge >= 0.3 is 0 Å². The van der Waals surface area contributed by atoms with Gasteiger partial charge in [-0.2, -0.15) is 0 Å². The summed E-state index contributed by atoms with van der Waals surface area (Å²) in [6.45, 7) is 3.66. The lowest BCUT2D eigenvalue weighted by Crippen LogP contribution is -2.13. The Hall–Kier alpha value is -1.07. The molecule has 0 aliphatic carbocycles.